The number of nitrogens with two attached hydrogens (primary N) is 1. The predicted octanol–water partition coefficient (Wildman–Crippen LogP) is -0.846. The Kier molecular flexibility index (Phi) is 8.32. The molecule has 18 heavy (non-hydrogen) atoms. The molecule has 6 heteroatoms. The van der Waals surface area contributed by atoms with Crippen molar-refractivity contribution in [2.24, 2.45) is 11.7 Å². The van der Waals surface area contributed by atoms with E-state index in [1.807, 2.05) is 20.9 Å². The highest BCUT2D eigenvalue weighted by molar-refractivity contribution is 5.87. The van der Waals surface area contributed by atoms with Crippen LogP contribution in [0.4, 0.5) is 0 Å². The summed E-state index contributed by atoms with van der Waals surface area (Å²) >= 11 is 0. The van der Waals surface area contributed by atoms with Crippen molar-refractivity contribution in [1.82, 2.24) is 15.5 Å². The van der Waals surface area contributed by atoms with Gasteiger partial charge < -0.3 is 21.3 Å². The topological polar surface area (TPSA) is 87.5 Å². The van der Waals surface area contributed by atoms with Crippen LogP contribution in [0.15, 0.2) is 0 Å². The van der Waals surface area contributed by atoms with Gasteiger partial charge in [0.1, 0.15) is 0 Å². The van der Waals surface area contributed by atoms with Crippen molar-refractivity contribution < 1.29 is 9.59 Å². The summed E-state index contributed by atoms with van der Waals surface area (Å²) in [5.41, 5.74) is 5.65. The lowest BCUT2D eigenvalue weighted by atomic mass is 10.1. The van der Waals surface area contributed by atoms with Gasteiger partial charge in [0.2, 0.25) is 11.8 Å². The molecule has 6 nitrogen and oxygen atoms in total. The van der Waals surface area contributed by atoms with Crippen molar-refractivity contribution in [3.05, 3.63) is 0 Å². The van der Waals surface area contributed by atoms with E-state index >= 15 is 0 Å². The number of nitrogens with one attached hydrogen (secondary N) is 2. The number of hydrogen-bond acceptors (Lipinski definition) is 4. The number of hydrogen-bond donors (Lipinski definition) is 3. The van der Waals surface area contributed by atoms with E-state index in [-0.39, 0.29) is 24.3 Å². The third-order valence-corrected chi connectivity index (χ3v) is 2.80. The fourth-order valence-electron chi connectivity index (χ4n) is 1.19. The van der Waals surface area contributed by atoms with Crippen molar-refractivity contribution in [3.8, 4) is 0 Å². The lowest BCUT2D eigenvalue weighted by molar-refractivity contribution is -0.127. The zero-order valence-electron chi connectivity index (χ0n) is 11.8. The molecule has 0 rings (SSSR count). The maximum absolute atomic E-state index is 11.5. The first-order valence-electron chi connectivity index (χ1n) is 6.37. The van der Waals surface area contributed by atoms with Gasteiger partial charge in [-0.25, -0.2) is 0 Å². The fourth-order valence-corrected chi connectivity index (χ4v) is 1.19. The van der Waals surface area contributed by atoms with E-state index in [0.717, 1.165) is 13.1 Å². The lowest BCUT2D eigenvalue weighted by Crippen LogP contribution is -2.47. The molecule has 0 aromatic carbocycles. The Morgan fingerprint density at radius 2 is 1.89 bits per heavy atom. The first-order valence-corrected chi connectivity index (χ1v) is 6.37. The second-order valence-corrected chi connectivity index (χ2v) is 4.73. The Labute approximate surface area is 109 Å². The summed E-state index contributed by atoms with van der Waals surface area (Å²) in [6, 6.07) is -0.566. The van der Waals surface area contributed by atoms with Crippen LogP contribution in [-0.4, -0.2) is 56.0 Å². The monoisotopic (exact) mass is 258 g/mol. The summed E-state index contributed by atoms with van der Waals surface area (Å²) < 4.78 is 0. The molecule has 0 saturated carbocycles. The van der Waals surface area contributed by atoms with Gasteiger partial charge in [-0.3, -0.25) is 9.59 Å². The van der Waals surface area contributed by atoms with Gasteiger partial charge in [0.15, 0.2) is 0 Å². The Morgan fingerprint density at radius 1 is 1.28 bits per heavy atom. The molecule has 0 radical (unpaired) electrons. The van der Waals surface area contributed by atoms with Crippen LogP contribution in [0.3, 0.4) is 0 Å². The van der Waals surface area contributed by atoms with E-state index < -0.39 is 6.04 Å². The van der Waals surface area contributed by atoms with Gasteiger partial charge in [0.25, 0.3) is 0 Å². The van der Waals surface area contributed by atoms with Gasteiger partial charge in [-0.2, -0.15) is 0 Å². The van der Waals surface area contributed by atoms with Crippen LogP contribution in [0, 0.1) is 5.92 Å². The summed E-state index contributed by atoms with van der Waals surface area (Å²) in [6.07, 6.45) is 0. The van der Waals surface area contributed by atoms with Gasteiger partial charge in [0, 0.05) is 13.1 Å². The van der Waals surface area contributed by atoms with Crippen LogP contribution >= 0.6 is 0 Å². The van der Waals surface area contributed by atoms with E-state index in [1.165, 1.54) is 0 Å². The second-order valence-electron chi connectivity index (χ2n) is 4.73. The molecule has 0 saturated heterocycles. The van der Waals surface area contributed by atoms with Gasteiger partial charge >= 0.3 is 0 Å². The molecule has 0 fully saturated rings. The molecular weight excluding hydrogens is 232 g/mol. The standard InChI is InChI=1S/C12H26N4O2/c1-5-16(4)7-6-14-10(17)8-15-12(18)11(13)9(2)3/h9,11H,5-8,13H2,1-4H3,(H,14,17)(H,15,18)/t11-/m0/s1. The third kappa shape index (κ3) is 7.24. The normalized spacial score (nSPS) is 12.6. The third-order valence-electron chi connectivity index (χ3n) is 2.80. The molecule has 0 heterocycles. The van der Waals surface area contributed by atoms with Gasteiger partial charge in [-0.1, -0.05) is 20.8 Å². The molecule has 1 atom stereocenters. The SMILES string of the molecule is CCN(C)CCNC(=O)CNC(=O)[C@@H](N)C(C)C. The number of nitrogens with zero attached hydrogens (tertiary/aromatic N) is 1. The summed E-state index contributed by atoms with van der Waals surface area (Å²) in [7, 11) is 1.98. The summed E-state index contributed by atoms with van der Waals surface area (Å²) in [5.74, 6) is -0.416. The van der Waals surface area contributed by atoms with Crippen molar-refractivity contribution in [1.29, 1.82) is 0 Å². The Balaban J connectivity index is 3.74. The highest BCUT2D eigenvalue weighted by Crippen LogP contribution is 1.97. The number of carbonyl (C=O) groups is 2. The second kappa shape index (κ2) is 8.88. The average Bonchev–Trinajstić information content (AvgIpc) is 2.34. The smallest absolute Gasteiger partial charge is 0.239 e. The molecule has 106 valence electrons. The maximum atomic E-state index is 11.5. The van der Waals surface area contributed by atoms with Crippen molar-refractivity contribution in [3.63, 3.8) is 0 Å². The molecular formula is C12H26N4O2. The zero-order chi connectivity index (χ0) is 14.1. The molecule has 2 amide bonds. The summed E-state index contributed by atoms with van der Waals surface area (Å²) in [6.45, 7) is 8.08. The highest BCUT2D eigenvalue weighted by atomic mass is 16.2. The minimum atomic E-state index is -0.566. The number of likely N-dealkylation sites (N-methyl/N-ethyl adjacent to an activating group) is 1. The maximum Gasteiger partial charge on any atom is 0.239 e. The summed E-state index contributed by atoms with van der Waals surface area (Å²) in [5, 5.41) is 5.26. The number of rotatable bonds is 8. The number of amides is 2. The number of carbonyl (C=O) groups excluding carboxylic acids is 2. The van der Waals surface area contributed by atoms with Crippen LogP contribution in [0.25, 0.3) is 0 Å². The van der Waals surface area contributed by atoms with Gasteiger partial charge in [0.05, 0.1) is 12.6 Å². The minimum Gasteiger partial charge on any atom is -0.353 e. The molecule has 0 aliphatic carbocycles. The molecule has 0 aromatic heterocycles. The molecule has 0 aliphatic rings. The average molecular weight is 258 g/mol. The highest BCUT2D eigenvalue weighted by Gasteiger charge is 2.17. The Bertz CT molecular complexity index is 269. The van der Waals surface area contributed by atoms with E-state index in [0.29, 0.717) is 6.54 Å². The first-order chi connectivity index (χ1) is 8.38. The van der Waals surface area contributed by atoms with E-state index in [2.05, 4.69) is 22.5 Å². The summed E-state index contributed by atoms with van der Waals surface area (Å²) in [4.78, 5) is 25.0. The van der Waals surface area contributed by atoms with E-state index in [1.54, 1.807) is 0 Å². The zero-order valence-corrected chi connectivity index (χ0v) is 11.8. The Morgan fingerprint density at radius 3 is 2.39 bits per heavy atom. The largest absolute Gasteiger partial charge is 0.353 e. The van der Waals surface area contributed by atoms with Crippen molar-refractivity contribution in [2.45, 2.75) is 26.8 Å². The van der Waals surface area contributed by atoms with Crippen LogP contribution in [0.5, 0.6) is 0 Å². The molecule has 4 N–H and O–H groups in total. The molecule has 0 aliphatic heterocycles. The predicted molar refractivity (Wildman–Crippen MR) is 72.0 cm³/mol. The molecule has 0 unspecified atom stereocenters. The fraction of sp³-hybridized carbons (Fsp3) is 0.833. The van der Waals surface area contributed by atoms with Crippen molar-refractivity contribution in [2.75, 3.05) is 33.2 Å². The molecule has 0 bridgehead atoms. The first kappa shape index (κ1) is 16.9. The van der Waals surface area contributed by atoms with Crippen LogP contribution in [-0.2, 0) is 9.59 Å². The molecule has 0 aromatic rings. The van der Waals surface area contributed by atoms with Crippen molar-refractivity contribution >= 4 is 11.8 Å². The minimum absolute atomic E-state index is 0.0188. The molecule has 0 spiro atoms. The van der Waals surface area contributed by atoms with Crippen LogP contribution in [0.1, 0.15) is 20.8 Å². The van der Waals surface area contributed by atoms with E-state index in [9.17, 15) is 9.59 Å². The van der Waals surface area contributed by atoms with Crippen LogP contribution in [0.2, 0.25) is 0 Å². The lowest BCUT2D eigenvalue weighted by Gasteiger charge is -2.16. The van der Waals surface area contributed by atoms with E-state index in [4.69, 9.17) is 5.73 Å². The van der Waals surface area contributed by atoms with Crippen LogP contribution < -0.4 is 16.4 Å². The van der Waals surface area contributed by atoms with Gasteiger partial charge in [-0.15, -0.1) is 0 Å². The Hall–Kier alpha value is -1.14. The quantitative estimate of drug-likeness (QED) is 0.529. The van der Waals surface area contributed by atoms with Gasteiger partial charge in [-0.05, 0) is 19.5 Å².